The molecule has 0 aliphatic carbocycles. The maximum absolute atomic E-state index is 5.45. The van der Waals surface area contributed by atoms with E-state index in [-0.39, 0.29) is 0 Å². The van der Waals surface area contributed by atoms with Crippen LogP contribution < -0.4 is 14.9 Å². The van der Waals surface area contributed by atoms with Gasteiger partial charge in [0.1, 0.15) is 0 Å². The molecule has 0 aliphatic heterocycles. The molecule has 0 atom stereocenters. The molecule has 5 nitrogen and oxygen atoms in total. The Bertz CT molecular complexity index is 541. The zero-order valence-corrected chi connectivity index (χ0v) is 11.6. The van der Waals surface area contributed by atoms with Crippen molar-refractivity contribution in [2.45, 2.75) is 6.92 Å². The first-order chi connectivity index (χ1) is 9.33. The highest BCUT2D eigenvalue weighted by molar-refractivity contribution is 7.13. The van der Waals surface area contributed by atoms with Gasteiger partial charge in [0, 0.05) is 11.6 Å². The van der Waals surface area contributed by atoms with Crippen molar-refractivity contribution in [3.63, 3.8) is 0 Å². The van der Waals surface area contributed by atoms with Crippen molar-refractivity contribution in [3.8, 4) is 11.5 Å². The molecule has 0 bridgehead atoms. The second-order valence-corrected chi connectivity index (χ2v) is 4.45. The third-order valence-electron chi connectivity index (χ3n) is 2.29. The predicted molar refractivity (Wildman–Crippen MR) is 77.5 cm³/mol. The molecule has 0 fully saturated rings. The first kappa shape index (κ1) is 13.4. The summed E-state index contributed by atoms with van der Waals surface area (Å²) in [5, 5.41) is 6.76. The van der Waals surface area contributed by atoms with Gasteiger partial charge in [-0.15, -0.1) is 11.3 Å². The smallest absolute Gasteiger partial charge is 0.203 e. The van der Waals surface area contributed by atoms with Crippen LogP contribution in [-0.4, -0.2) is 24.9 Å². The fraction of sp³-hybridized carbons (Fsp3) is 0.231. The van der Waals surface area contributed by atoms with E-state index in [9.17, 15) is 0 Å². The SMILES string of the molecule is CCOc1ccc(/C=N/Nc2nccs2)cc1OC. The number of rotatable bonds is 6. The molecular formula is C13H15N3O2S. The van der Waals surface area contributed by atoms with Crippen LogP contribution in [-0.2, 0) is 0 Å². The van der Waals surface area contributed by atoms with E-state index >= 15 is 0 Å². The lowest BCUT2D eigenvalue weighted by Crippen LogP contribution is -1.96. The molecule has 0 unspecified atom stereocenters. The minimum absolute atomic E-state index is 0.607. The largest absolute Gasteiger partial charge is 0.493 e. The molecule has 0 amide bonds. The molecule has 0 radical (unpaired) electrons. The molecule has 1 N–H and O–H groups in total. The highest BCUT2D eigenvalue weighted by atomic mass is 32.1. The summed E-state index contributed by atoms with van der Waals surface area (Å²) in [4.78, 5) is 4.07. The topological polar surface area (TPSA) is 55.7 Å². The Morgan fingerprint density at radius 2 is 2.32 bits per heavy atom. The van der Waals surface area contributed by atoms with E-state index in [4.69, 9.17) is 9.47 Å². The van der Waals surface area contributed by atoms with Crippen molar-refractivity contribution in [2.24, 2.45) is 5.10 Å². The third-order valence-corrected chi connectivity index (χ3v) is 2.97. The summed E-state index contributed by atoms with van der Waals surface area (Å²) in [7, 11) is 1.62. The lowest BCUT2D eigenvalue weighted by molar-refractivity contribution is 0.311. The molecule has 2 aromatic rings. The van der Waals surface area contributed by atoms with Crippen molar-refractivity contribution < 1.29 is 9.47 Å². The molecule has 1 aromatic carbocycles. The lowest BCUT2D eigenvalue weighted by Gasteiger charge is -2.09. The average molecular weight is 277 g/mol. The summed E-state index contributed by atoms with van der Waals surface area (Å²) >= 11 is 1.49. The average Bonchev–Trinajstić information content (AvgIpc) is 2.94. The summed E-state index contributed by atoms with van der Waals surface area (Å²) < 4.78 is 10.7. The summed E-state index contributed by atoms with van der Waals surface area (Å²) in [6.45, 7) is 2.54. The number of nitrogens with one attached hydrogen (secondary N) is 1. The van der Waals surface area contributed by atoms with Gasteiger partial charge in [0.05, 0.1) is 19.9 Å². The fourth-order valence-corrected chi connectivity index (χ4v) is 1.96. The van der Waals surface area contributed by atoms with E-state index in [1.807, 2.05) is 30.5 Å². The highest BCUT2D eigenvalue weighted by Crippen LogP contribution is 2.27. The van der Waals surface area contributed by atoms with Gasteiger partial charge in [0.2, 0.25) is 5.13 Å². The predicted octanol–water partition coefficient (Wildman–Crippen LogP) is 3.00. The van der Waals surface area contributed by atoms with Gasteiger partial charge in [0.15, 0.2) is 11.5 Å². The number of anilines is 1. The molecule has 1 aromatic heterocycles. The Kier molecular flexibility index (Phi) is 4.74. The van der Waals surface area contributed by atoms with Gasteiger partial charge in [-0.25, -0.2) is 4.98 Å². The van der Waals surface area contributed by atoms with Crippen LogP contribution >= 0.6 is 11.3 Å². The number of hydrogen-bond donors (Lipinski definition) is 1. The van der Waals surface area contributed by atoms with Crippen molar-refractivity contribution >= 4 is 22.7 Å². The molecule has 1 heterocycles. The van der Waals surface area contributed by atoms with Gasteiger partial charge in [0.25, 0.3) is 0 Å². The van der Waals surface area contributed by atoms with E-state index in [1.165, 1.54) is 11.3 Å². The van der Waals surface area contributed by atoms with Crippen molar-refractivity contribution in [3.05, 3.63) is 35.3 Å². The Morgan fingerprint density at radius 1 is 1.42 bits per heavy atom. The highest BCUT2D eigenvalue weighted by Gasteiger charge is 2.03. The van der Waals surface area contributed by atoms with E-state index in [0.717, 1.165) is 16.4 Å². The van der Waals surface area contributed by atoms with Gasteiger partial charge in [-0.2, -0.15) is 5.10 Å². The van der Waals surface area contributed by atoms with Crippen LogP contribution in [0.4, 0.5) is 5.13 Å². The van der Waals surface area contributed by atoms with E-state index in [1.54, 1.807) is 19.5 Å². The zero-order valence-electron chi connectivity index (χ0n) is 10.8. The quantitative estimate of drug-likeness (QED) is 0.651. The number of hydrogen-bond acceptors (Lipinski definition) is 6. The first-order valence-corrected chi connectivity index (χ1v) is 6.71. The van der Waals surface area contributed by atoms with Crippen LogP contribution in [0.3, 0.4) is 0 Å². The zero-order chi connectivity index (χ0) is 13.5. The van der Waals surface area contributed by atoms with Gasteiger partial charge < -0.3 is 9.47 Å². The standard InChI is InChI=1S/C13H15N3O2S/c1-3-18-11-5-4-10(8-12(11)17-2)9-15-16-13-14-6-7-19-13/h4-9H,3H2,1-2H3,(H,14,16)/b15-9+. The van der Waals surface area contributed by atoms with Crippen LogP contribution in [0.25, 0.3) is 0 Å². The van der Waals surface area contributed by atoms with Crippen LogP contribution in [0, 0.1) is 0 Å². The Hall–Kier alpha value is -2.08. The second-order valence-electron chi connectivity index (χ2n) is 3.55. The minimum Gasteiger partial charge on any atom is -0.493 e. The van der Waals surface area contributed by atoms with Gasteiger partial charge in [-0.05, 0) is 30.7 Å². The summed E-state index contributed by atoms with van der Waals surface area (Å²) in [6.07, 6.45) is 3.43. The molecule has 2 rings (SSSR count). The lowest BCUT2D eigenvalue weighted by atomic mass is 10.2. The Balaban J connectivity index is 2.06. The summed E-state index contributed by atoms with van der Waals surface area (Å²) in [6, 6.07) is 5.66. The Labute approximate surface area is 115 Å². The van der Waals surface area contributed by atoms with Gasteiger partial charge >= 0.3 is 0 Å². The van der Waals surface area contributed by atoms with Crippen molar-refractivity contribution in [1.29, 1.82) is 0 Å². The number of aromatic nitrogens is 1. The molecule has 19 heavy (non-hydrogen) atoms. The minimum atomic E-state index is 0.607. The summed E-state index contributed by atoms with van der Waals surface area (Å²) in [5.41, 5.74) is 3.78. The molecule has 6 heteroatoms. The number of thiazole rings is 1. The normalized spacial score (nSPS) is 10.6. The number of benzene rings is 1. The van der Waals surface area contributed by atoms with E-state index < -0.39 is 0 Å². The first-order valence-electron chi connectivity index (χ1n) is 5.83. The van der Waals surface area contributed by atoms with Crippen LogP contribution in [0.2, 0.25) is 0 Å². The third kappa shape index (κ3) is 3.69. The molecular weight excluding hydrogens is 262 g/mol. The second kappa shape index (κ2) is 6.75. The fourth-order valence-electron chi connectivity index (χ4n) is 1.48. The summed E-state index contributed by atoms with van der Waals surface area (Å²) in [5.74, 6) is 1.43. The number of nitrogens with zero attached hydrogens (tertiary/aromatic N) is 2. The van der Waals surface area contributed by atoms with Gasteiger partial charge in [-0.1, -0.05) is 0 Å². The molecule has 0 saturated heterocycles. The van der Waals surface area contributed by atoms with Gasteiger partial charge in [-0.3, -0.25) is 5.43 Å². The monoisotopic (exact) mass is 277 g/mol. The van der Waals surface area contributed by atoms with Crippen molar-refractivity contribution in [2.75, 3.05) is 19.1 Å². The molecule has 100 valence electrons. The number of hydrazone groups is 1. The van der Waals surface area contributed by atoms with Crippen molar-refractivity contribution in [1.82, 2.24) is 4.98 Å². The number of methoxy groups -OCH3 is 1. The maximum atomic E-state index is 5.45. The number of ether oxygens (including phenoxy) is 2. The van der Waals surface area contributed by atoms with E-state index in [0.29, 0.717) is 12.4 Å². The van der Waals surface area contributed by atoms with Crippen LogP contribution in [0.1, 0.15) is 12.5 Å². The molecule has 0 spiro atoms. The van der Waals surface area contributed by atoms with E-state index in [2.05, 4.69) is 15.5 Å². The van der Waals surface area contributed by atoms with Crippen LogP contribution in [0.5, 0.6) is 11.5 Å². The Morgan fingerprint density at radius 3 is 3.00 bits per heavy atom. The molecule has 0 saturated carbocycles. The molecule has 0 aliphatic rings. The van der Waals surface area contributed by atoms with Crippen LogP contribution in [0.15, 0.2) is 34.9 Å². The maximum Gasteiger partial charge on any atom is 0.203 e.